The molecule has 0 atom stereocenters. The summed E-state index contributed by atoms with van der Waals surface area (Å²) in [6.07, 6.45) is 0.493. The second-order valence-corrected chi connectivity index (χ2v) is 8.03. The first-order valence-electron chi connectivity index (χ1n) is 7.32. The summed E-state index contributed by atoms with van der Waals surface area (Å²) in [6.45, 7) is 0.448. The summed E-state index contributed by atoms with van der Waals surface area (Å²) in [7, 11) is 0. The molecule has 4 nitrogen and oxygen atoms in total. The van der Waals surface area contributed by atoms with Gasteiger partial charge in [-0.2, -0.15) is 0 Å². The van der Waals surface area contributed by atoms with Crippen LogP contribution in [0.4, 0.5) is 0 Å². The molecule has 0 N–H and O–H groups in total. The number of thiazole rings is 1. The Balaban J connectivity index is 1.77. The van der Waals surface area contributed by atoms with Crippen LogP contribution >= 0.6 is 43.2 Å². The van der Waals surface area contributed by atoms with Crippen molar-refractivity contribution in [1.29, 1.82) is 0 Å². The highest BCUT2D eigenvalue weighted by atomic mass is 79.9. The van der Waals surface area contributed by atoms with Gasteiger partial charge in [0.05, 0.1) is 16.7 Å². The molecule has 0 unspecified atom stereocenters. The van der Waals surface area contributed by atoms with E-state index in [4.69, 9.17) is 4.74 Å². The van der Waals surface area contributed by atoms with E-state index in [0.717, 1.165) is 25.8 Å². The molecule has 3 rings (SSSR count). The third-order valence-electron chi connectivity index (χ3n) is 3.43. The minimum atomic E-state index is -1.26. The molecule has 25 heavy (non-hydrogen) atoms. The zero-order valence-corrected chi connectivity index (χ0v) is 16.9. The Bertz CT molecular complexity index is 894. The van der Waals surface area contributed by atoms with Gasteiger partial charge >= 0.3 is 0 Å². The van der Waals surface area contributed by atoms with Gasteiger partial charge in [-0.25, -0.2) is 4.98 Å². The maximum atomic E-state index is 10.9. The lowest BCUT2D eigenvalue weighted by Crippen LogP contribution is -2.22. The molecule has 1 heterocycles. The van der Waals surface area contributed by atoms with Gasteiger partial charge in [-0.15, -0.1) is 11.3 Å². The van der Waals surface area contributed by atoms with Crippen molar-refractivity contribution in [3.05, 3.63) is 78.6 Å². The average Bonchev–Trinajstić information content (AvgIpc) is 3.04. The smallest absolute Gasteiger partial charge is 0.123 e. The summed E-state index contributed by atoms with van der Waals surface area (Å²) < 4.78 is 7.90. The van der Waals surface area contributed by atoms with Gasteiger partial charge in [0.1, 0.15) is 12.4 Å². The lowest BCUT2D eigenvalue weighted by Gasteiger charge is -2.12. The number of ether oxygens (including phenoxy) is 1. The van der Waals surface area contributed by atoms with Crippen LogP contribution < -0.4 is 9.84 Å². The van der Waals surface area contributed by atoms with Crippen LogP contribution in [0.15, 0.2) is 56.8 Å². The Morgan fingerprint density at radius 2 is 1.84 bits per heavy atom. The van der Waals surface area contributed by atoms with Crippen molar-refractivity contribution in [1.82, 2.24) is 4.98 Å². The van der Waals surface area contributed by atoms with Gasteiger partial charge in [-0.1, -0.05) is 44.0 Å². The Labute approximate surface area is 165 Å². The molecule has 128 valence electrons. The average molecular weight is 482 g/mol. The molecule has 0 aliphatic rings. The number of rotatable bonds is 6. The van der Waals surface area contributed by atoms with Crippen molar-refractivity contribution in [2.75, 3.05) is 0 Å². The first-order chi connectivity index (χ1) is 12.0. The van der Waals surface area contributed by atoms with E-state index in [1.165, 1.54) is 16.7 Å². The standard InChI is InChI=1S/C18H13Br2NO3S/c19-13-3-1-11(2-4-13)9-24-16-6-5-14(20)7-12(16)8-17-21-15(10-25-17)18(22)23/h1-7,10H,8-9H2,(H,22,23)/p-1. The van der Waals surface area contributed by atoms with E-state index < -0.39 is 5.97 Å². The Morgan fingerprint density at radius 3 is 2.52 bits per heavy atom. The molecule has 0 fully saturated rings. The monoisotopic (exact) mass is 480 g/mol. The fourth-order valence-electron chi connectivity index (χ4n) is 2.22. The summed E-state index contributed by atoms with van der Waals surface area (Å²) in [5, 5.41) is 13.1. The van der Waals surface area contributed by atoms with Crippen molar-refractivity contribution in [2.24, 2.45) is 0 Å². The fraction of sp³-hybridized carbons (Fsp3) is 0.111. The number of nitrogens with zero attached hydrogens (tertiary/aromatic N) is 1. The summed E-state index contributed by atoms with van der Waals surface area (Å²) in [5.41, 5.74) is 1.96. The number of benzene rings is 2. The Morgan fingerprint density at radius 1 is 1.12 bits per heavy atom. The predicted octanol–water partition coefficient (Wildman–Crippen LogP) is 4.20. The lowest BCUT2D eigenvalue weighted by atomic mass is 10.1. The molecule has 0 radical (unpaired) electrons. The van der Waals surface area contributed by atoms with Gasteiger partial charge in [0.2, 0.25) is 0 Å². The minimum Gasteiger partial charge on any atom is -0.543 e. The van der Waals surface area contributed by atoms with Gasteiger partial charge < -0.3 is 14.6 Å². The number of carbonyl (C=O) groups is 1. The van der Waals surface area contributed by atoms with Crippen molar-refractivity contribution < 1.29 is 14.6 Å². The fourth-order valence-corrected chi connectivity index (χ4v) is 3.68. The van der Waals surface area contributed by atoms with E-state index in [-0.39, 0.29) is 5.69 Å². The summed E-state index contributed by atoms with van der Waals surface area (Å²) in [4.78, 5) is 15.0. The molecular formula is C18H12Br2NO3S-. The second kappa shape index (κ2) is 8.12. The molecule has 2 aromatic carbocycles. The predicted molar refractivity (Wildman–Crippen MR) is 102 cm³/mol. The Hall–Kier alpha value is -1.70. The van der Waals surface area contributed by atoms with Crippen molar-refractivity contribution >= 4 is 49.2 Å². The molecule has 0 aliphatic carbocycles. The topological polar surface area (TPSA) is 62.2 Å². The molecule has 0 bridgehead atoms. The van der Waals surface area contributed by atoms with Gasteiger partial charge in [0.15, 0.2) is 0 Å². The highest BCUT2D eigenvalue weighted by Crippen LogP contribution is 2.27. The molecule has 0 aliphatic heterocycles. The third-order valence-corrected chi connectivity index (χ3v) is 5.30. The van der Waals surface area contributed by atoms with E-state index in [1.54, 1.807) is 0 Å². The van der Waals surface area contributed by atoms with Crippen LogP contribution in [0.3, 0.4) is 0 Å². The third kappa shape index (κ3) is 4.90. The zero-order chi connectivity index (χ0) is 17.8. The van der Waals surface area contributed by atoms with Crippen molar-refractivity contribution in [2.45, 2.75) is 13.0 Å². The molecule has 0 saturated carbocycles. The van der Waals surface area contributed by atoms with E-state index in [9.17, 15) is 9.90 Å². The second-order valence-electron chi connectivity index (χ2n) is 5.26. The molecule has 0 spiro atoms. The van der Waals surface area contributed by atoms with Crippen LogP contribution in [-0.4, -0.2) is 11.0 Å². The lowest BCUT2D eigenvalue weighted by molar-refractivity contribution is -0.255. The molecular weight excluding hydrogens is 470 g/mol. The van der Waals surface area contributed by atoms with Crippen LogP contribution in [0.5, 0.6) is 5.75 Å². The highest BCUT2D eigenvalue weighted by molar-refractivity contribution is 9.10. The summed E-state index contributed by atoms with van der Waals surface area (Å²) >= 11 is 8.17. The number of carboxylic acids is 1. The maximum Gasteiger partial charge on any atom is 0.123 e. The Kier molecular flexibility index (Phi) is 5.88. The quantitative estimate of drug-likeness (QED) is 0.529. The summed E-state index contributed by atoms with van der Waals surface area (Å²) in [5.74, 6) is -0.514. The number of aromatic carboxylic acids is 1. The number of carbonyl (C=O) groups excluding carboxylic acids is 1. The van der Waals surface area contributed by atoms with Crippen LogP contribution in [0.2, 0.25) is 0 Å². The number of hydrogen-bond acceptors (Lipinski definition) is 5. The van der Waals surface area contributed by atoms with Crippen molar-refractivity contribution in [3.63, 3.8) is 0 Å². The first kappa shape index (κ1) is 18.1. The highest BCUT2D eigenvalue weighted by Gasteiger charge is 2.10. The van der Waals surface area contributed by atoms with Gasteiger partial charge in [-0.05, 0) is 35.9 Å². The largest absolute Gasteiger partial charge is 0.543 e. The first-order valence-corrected chi connectivity index (χ1v) is 9.79. The maximum absolute atomic E-state index is 10.9. The van der Waals surface area contributed by atoms with Gasteiger partial charge in [-0.3, -0.25) is 0 Å². The van der Waals surface area contributed by atoms with E-state index in [1.807, 2.05) is 42.5 Å². The van der Waals surface area contributed by atoms with Crippen molar-refractivity contribution in [3.8, 4) is 5.75 Å². The minimum absolute atomic E-state index is 0.0349. The molecule has 7 heteroatoms. The molecule has 0 amide bonds. The van der Waals surface area contributed by atoms with Crippen LogP contribution in [0, 0.1) is 0 Å². The number of hydrogen-bond donors (Lipinski definition) is 0. The number of carboxylic acid groups (broad SMARTS) is 1. The molecule has 3 aromatic rings. The SMILES string of the molecule is O=C([O-])c1csc(Cc2cc(Br)ccc2OCc2ccc(Br)cc2)n1. The van der Waals surface area contributed by atoms with Crippen LogP contribution in [-0.2, 0) is 13.0 Å². The van der Waals surface area contributed by atoms with Crippen LogP contribution in [0.1, 0.15) is 26.6 Å². The summed E-state index contributed by atoms with van der Waals surface area (Å²) in [6, 6.07) is 13.7. The molecule has 0 saturated heterocycles. The molecule has 1 aromatic heterocycles. The van der Waals surface area contributed by atoms with Crippen LogP contribution in [0.25, 0.3) is 0 Å². The van der Waals surface area contributed by atoms with E-state index in [0.29, 0.717) is 18.0 Å². The zero-order valence-electron chi connectivity index (χ0n) is 12.9. The van der Waals surface area contributed by atoms with Gasteiger partial charge in [0.25, 0.3) is 0 Å². The number of halogens is 2. The normalized spacial score (nSPS) is 10.6. The number of aromatic nitrogens is 1. The van der Waals surface area contributed by atoms with E-state index in [2.05, 4.69) is 36.8 Å². The van der Waals surface area contributed by atoms with Gasteiger partial charge in [0, 0.05) is 26.3 Å². The van der Waals surface area contributed by atoms with E-state index >= 15 is 0 Å².